The third kappa shape index (κ3) is 9.35. The maximum Gasteiger partial charge on any atom is 0.407 e. The molecule has 1 aliphatic rings. The molecule has 1 heterocycles. The Morgan fingerprint density at radius 1 is 1.26 bits per heavy atom. The van der Waals surface area contributed by atoms with Crippen molar-refractivity contribution in [2.24, 2.45) is 4.99 Å². The lowest BCUT2D eigenvalue weighted by atomic mass is 10.2. The highest BCUT2D eigenvalue weighted by Crippen LogP contribution is 2.17. The standard InChI is InChI=1S/C20H34N4O3/c1-20(2,3)27-19(25)23-13-7-12-21-18(24-16-8-4-5-9-16)22-14-11-17-10-6-15-26-17/h6,10,15-16H,4-5,7-9,11-14H2,1-3H3,(H,23,25)(H2,21,22,24). The minimum Gasteiger partial charge on any atom is -0.469 e. The van der Waals surface area contributed by atoms with Crippen LogP contribution in [0.15, 0.2) is 27.8 Å². The third-order valence-electron chi connectivity index (χ3n) is 4.21. The molecule has 0 radical (unpaired) electrons. The van der Waals surface area contributed by atoms with Crippen LogP contribution in [0.3, 0.4) is 0 Å². The monoisotopic (exact) mass is 378 g/mol. The summed E-state index contributed by atoms with van der Waals surface area (Å²) in [5.74, 6) is 1.80. The summed E-state index contributed by atoms with van der Waals surface area (Å²) in [6.07, 6.45) is 7.83. The van der Waals surface area contributed by atoms with E-state index in [2.05, 4.69) is 20.9 Å². The molecule has 0 unspecified atom stereocenters. The van der Waals surface area contributed by atoms with E-state index < -0.39 is 5.60 Å². The highest BCUT2D eigenvalue weighted by atomic mass is 16.6. The molecule has 1 saturated carbocycles. The second-order valence-corrected chi connectivity index (χ2v) is 7.89. The number of carbonyl (C=O) groups is 1. The molecule has 0 spiro atoms. The van der Waals surface area contributed by atoms with Crippen molar-refractivity contribution in [2.75, 3.05) is 19.6 Å². The second-order valence-electron chi connectivity index (χ2n) is 7.89. The Morgan fingerprint density at radius 3 is 2.70 bits per heavy atom. The van der Waals surface area contributed by atoms with Crippen LogP contribution in [-0.2, 0) is 11.2 Å². The molecule has 152 valence electrons. The smallest absolute Gasteiger partial charge is 0.407 e. The first-order valence-electron chi connectivity index (χ1n) is 9.96. The van der Waals surface area contributed by atoms with Crippen LogP contribution in [0.2, 0.25) is 0 Å². The zero-order valence-corrected chi connectivity index (χ0v) is 16.8. The molecule has 1 amide bonds. The van der Waals surface area contributed by atoms with Gasteiger partial charge in [0.25, 0.3) is 0 Å². The summed E-state index contributed by atoms with van der Waals surface area (Å²) in [6.45, 7) is 7.51. The van der Waals surface area contributed by atoms with Crippen molar-refractivity contribution in [3.05, 3.63) is 24.2 Å². The Labute approximate surface area is 162 Å². The summed E-state index contributed by atoms with van der Waals surface area (Å²) in [5, 5.41) is 9.67. The van der Waals surface area contributed by atoms with E-state index in [-0.39, 0.29) is 6.09 Å². The van der Waals surface area contributed by atoms with Crippen molar-refractivity contribution in [2.45, 2.75) is 70.9 Å². The van der Waals surface area contributed by atoms with Crippen LogP contribution in [0.5, 0.6) is 0 Å². The quantitative estimate of drug-likeness (QED) is 0.367. The molecule has 0 aliphatic heterocycles. The maximum absolute atomic E-state index is 11.6. The van der Waals surface area contributed by atoms with Gasteiger partial charge in [0.15, 0.2) is 5.96 Å². The number of aliphatic imine (C=N–C) groups is 1. The maximum atomic E-state index is 11.6. The van der Waals surface area contributed by atoms with Crippen LogP contribution in [-0.4, -0.2) is 43.3 Å². The fraction of sp³-hybridized carbons (Fsp3) is 0.700. The molecule has 0 atom stereocenters. The molecule has 3 N–H and O–H groups in total. The average molecular weight is 379 g/mol. The highest BCUT2D eigenvalue weighted by Gasteiger charge is 2.16. The van der Waals surface area contributed by atoms with Crippen LogP contribution < -0.4 is 16.0 Å². The Hall–Kier alpha value is -2.18. The van der Waals surface area contributed by atoms with E-state index in [0.29, 0.717) is 19.1 Å². The van der Waals surface area contributed by atoms with E-state index in [4.69, 9.17) is 9.15 Å². The molecule has 0 saturated heterocycles. The topological polar surface area (TPSA) is 87.9 Å². The number of nitrogens with one attached hydrogen (secondary N) is 3. The van der Waals surface area contributed by atoms with Gasteiger partial charge in [0.2, 0.25) is 0 Å². The Morgan fingerprint density at radius 2 is 2.04 bits per heavy atom. The number of alkyl carbamates (subject to hydrolysis) is 1. The number of guanidine groups is 1. The zero-order valence-electron chi connectivity index (χ0n) is 16.8. The molecular weight excluding hydrogens is 344 g/mol. The molecule has 7 nitrogen and oxygen atoms in total. The van der Waals surface area contributed by atoms with Gasteiger partial charge in [-0.05, 0) is 52.2 Å². The molecule has 1 aromatic heterocycles. The normalized spacial score (nSPS) is 15.6. The largest absolute Gasteiger partial charge is 0.469 e. The molecule has 1 aromatic rings. The molecule has 27 heavy (non-hydrogen) atoms. The summed E-state index contributed by atoms with van der Waals surface area (Å²) in [6, 6.07) is 4.38. The third-order valence-corrected chi connectivity index (χ3v) is 4.21. The zero-order chi connectivity index (χ0) is 19.5. The lowest BCUT2D eigenvalue weighted by molar-refractivity contribution is 0.0527. The molecule has 2 rings (SSSR count). The van der Waals surface area contributed by atoms with Crippen molar-refractivity contribution < 1.29 is 13.9 Å². The molecule has 0 aromatic carbocycles. The van der Waals surface area contributed by atoms with Gasteiger partial charge in [-0.25, -0.2) is 4.79 Å². The molecule has 1 aliphatic carbocycles. The summed E-state index contributed by atoms with van der Waals surface area (Å²) in [4.78, 5) is 16.3. The summed E-state index contributed by atoms with van der Waals surface area (Å²) < 4.78 is 10.6. The summed E-state index contributed by atoms with van der Waals surface area (Å²) in [7, 11) is 0. The first-order valence-corrected chi connectivity index (χ1v) is 9.96. The molecular formula is C20H34N4O3. The molecule has 7 heteroatoms. The van der Waals surface area contributed by atoms with Gasteiger partial charge in [-0.2, -0.15) is 0 Å². The van der Waals surface area contributed by atoms with E-state index in [1.807, 2.05) is 32.9 Å². The lowest BCUT2D eigenvalue weighted by Gasteiger charge is -2.19. The Balaban J connectivity index is 1.71. The van der Waals surface area contributed by atoms with Crippen LogP contribution in [0.4, 0.5) is 4.79 Å². The number of carbonyl (C=O) groups excluding carboxylic acids is 1. The number of nitrogens with zero attached hydrogens (tertiary/aromatic N) is 1. The van der Waals surface area contributed by atoms with Crippen LogP contribution in [0, 0.1) is 0 Å². The highest BCUT2D eigenvalue weighted by molar-refractivity contribution is 5.80. The second kappa shape index (κ2) is 10.8. The van der Waals surface area contributed by atoms with Crippen molar-refractivity contribution in [1.82, 2.24) is 16.0 Å². The van der Waals surface area contributed by atoms with E-state index in [0.717, 1.165) is 31.1 Å². The van der Waals surface area contributed by atoms with Gasteiger partial charge in [0.05, 0.1) is 6.26 Å². The number of hydrogen-bond acceptors (Lipinski definition) is 4. The van der Waals surface area contributed by atoms with Crippen molar-refractivity contribution >= 4 is 12.1 Å². The Kier molecular flexibility index (Phi) is 8.48. The van der Waals surface area contributed by atoms with Crippen molar-refractivity contribution in [3.8, 4) is 0 Å². The predicted octanol–water partition coefficient (Wildman–Crippen LogP) is 3.21. The average Bonchev–Trinajstić information content (AvgIpc) is 3.26. The van der Waals surface area contributed by atoms with Gasteiger partial charge >= 0.3 is 6.09 Å². The van der Waals surface area contributed by atoms with E-state index in [1.165, 1.54) is 25.7 Å². The number of furan rings is 1. The van der Waals surface area contributed by atoms with Crippen LogP contribution in [0.25, 0.3) is 0 Å². The van der Waals surface area contributed by atoms with Gasteiger partial charge in [-0.3, -0.25) is 4.99 Å². The van der Waals surface area contributed by atoms with Gasteiger partial charge in [-0.1, -0.05) is 12.8 Å². The van der Waals surface area contributed by atoms with Gasteiger partial charge in [-0.15, -0.1) is 0 Å². The van der Waals surface area contributed by atoms with Crippen molar-refractivity contribution in [3.63, 3.8) is 0 Å². The molecule has 1 fully saturated rings. The van der Waals surface area contributed by atoms with E-state index >= 15 is 0 Å². The number of ether oxygens (including phenoxy) is 1. The fourth-order valence-electron chi connectivity index (χ4n) is 2.95. The SMILES string of the molecule is CC(C)(C)OC(=O)NCCCN=C(NCCc1ccco1)NC1CCCC1. The minimum atomic E-state index is -0.474. The van der Waals surface area contributed by atoms with Gasteiger partial charge in [0, 0.05) is 32.1 Å². The first-order chi connectivity index (χ1) is 12.9. The number of amides is 1. The van der Waals surface area contributed by atoms with E-state index in [9.17, 15) is 4.79 Å². The molecule has 0 bridgehead atoms. The fourth-order valence-corrected chi connectivity index (χ4v) is 2.95. The minimum absolute atomic E-state index is 0.382. The number of rotatable bonds is 8. The first kappa shape index (κ1) is 21.1. The predicted molar refractivity (Wildman–Crippen MR) is 107 cm³/mol. The van der Waals surface area contributed by atoms with Gasteiger partial charge in [0.1, 0.15) is 11.4 Å². The van der Waals surface area contributed by atoms with Crippen LogP contribution in [0.1, 0.15) is 58.6 Å². The number of hydrogen-bond donors (Lipinski definition) is 3. The summed E-state index contributed by atoms with van der Waals surface area (Å²) >= 11 is 0. The van der Waals surface area contributed by atoms with E-state index in [1.54, 1.807) is 6.26 Å². The summed E-state index contributed by atoms with van der Waals surface area (Å²) in [5.41, 5.74) is -0.474. The van der Waals surface area contributed by atoms with Crippen molar-refractivity contribution in [1.29, 1.82) is 0 Å². The van der Waals surface area contributed by atoms with Gasteiger partial charge < -0.3 is 25.1 Å². The lowest BCUT2D eigenvalue weighted by Crippen LogP contribution is -2.43. The Bertz CT molecular complexity index is 573. The van der Waals surface area contributed by atoms with Crippen LogP contribution >= 0.6 is 0 Å².